The summed E-state index contributed by atoms with van der Waals surface area (Å²) in [5.74, 6) is 0.279. The summed E-state index contributed by atoms with van der Waals surface area (Å²) >= 11 is 0. The van der Waals surface area contributed by atoms with Crippen molar-refractivity contribution in [1.82, 2.24) is 10.2 Å². The fourth-order valence-corrected chi connectivity index (χ4v) is 2.63. The van der Waals surface area contributed by atoms with Crippen LogP contribution >= 0.6 is 0 Å². The first-order valence-corrected chi connectivity index (χ1v) is 6.56. The highest BCUT2D eigenvalue weighted by molar-refractivity contribution is 7.92. The van der Waals surface area contributed by atoms with E-state index in [4.69, 9.17) is 10.2 Å². The van der Waals surface area contributed by atoms with Gasteiger partial charge >= 0.3 is 6.01 Å². The molecule has 2 rings (SSSR count). The van der Waals surface area contributed by atoms with E-state index in [0.717, 1.165) is 0 Å². The highest BCUT2D eigenvalue weighted by Crippen LogP contribution is 2.20. The second-order valence-electron chi connectivity index (χ2n) is 3.76. The van der Waals surface area contributed by atoms with Gasteiger partial charge in [-0.25, -0.2) is 13.1 Å². The lowest BCUT2D eigenvalue weighted by atomic mass is 10.2. The molecule has 8 heteroatoms. The van der Waals surface area contributed by atoms with Crippen molar-refractivity contribution in [1.29, 1.82) is 0 Å². The number of aromatic nitrogens is 2. The van der Waals surface area contributed by atoms with Crippen LogP contribution in [-0.4, -0.2) is 18.6 Å². The van der Waals surface area contributed by atoms with Crippen LogP contribution in [0, 0.1) is 13.8 Å². The molecule has 0 unspecified atom stereocenters. The van der Waals surface area contributed by atoms with Gasteiger partial charge in [0.25, 0.3) is 10.0 Å². The first-order chi connectivity index (χ1) is 8.38. The van der Waals surface area contributed by atoms with E-state index < -0.39 is 10.0 Å². The number of sulfonamides is 1. The zero-order valence-corrected chi connectivity index (χ0v) is 10.7. The van der Waals surface area contributed by atoms with Gasteiger partial charge < -0.3 is 10.2 Å². The van der Waals surface area contributed by atoms with Gasteiger partial charge in [-0.05, 0) is 30.7 Å². The minimum Gasteiger partial charge on any atom is -0.408 e. The van der Waals surface area contributed by atoms with E-state index in [1.165, 1.54) is 12.1 Å². The highest BCUT2D eigenvalue weighted by Gasteiger charge is 2.19. The number of nitrogens with zero attached hydrogens (tertiary/aromatic N) is 2. The fraction of sp³-hybridized carbons (Fsp3) is 0.200. The molecular formula is C10H12N4O3S. The van der Waals surface area contributed by atoms with E-state index in [0.29, 0.717) is 11.3 Å². The van der Waals surface area contributed by atoms with Crippen molar-refractivity contribution < 1.29 is 12.8 Å². The number of nitrogens with two attached hydrogens (primary N) is 1. The second kappa shape index (κ2) is 4.30. The monoisotopic (exact) mass is 268 g/mol. The molecule has 0 saturated carbocycles. The molecule has 0 aliphatic carbocycles. The predicted molar refractivity (Wildman–Crippen MR) is 65.4 cm³/mol. The molecule has 0 atom stereocenters. The average Bonchev–Trinajstić information content (AvgIpc) is 2.62. The van der Waals surface area contributed by atoms with Crippen LogP contribution < -0.4 is 10.5 Å². The van der Waals surface area contributed by atoms with Gasteiger partial charge in [-0.1, -0.05) is 5.10 Å². The third kappa shape index (κ3) is 2.43. The minimum absolute atomic E-state index is 0.118. The molecule has 0 radical (unpaired) electrons. The smallest absolute Gasteiger partial charge is 0.329 e. The summed E-state index contributed by atoms with van der Waals surface area (Å²) in [6.07, 6.45) is 0. The standard InChI is InChI=1S/C10H12N4O3S/c1-6-5-8(11)3-4-9(6)18(15,16)14-10-13-12-7(2)17-10/h3-5H,11H2,1-2H3,(H,13,14). The Bertz CT molecular complexity index is 678. The molecule has 1 aromatic carbocycles. The Hall–Kier alpha value is -2.09. The lowest BCUT2D eigenvalue weighted by Crippen LogP contribution is -2.14. The summed E-state index contributed by atoms with van der Waals surface area (Å²) < 4.78 is 31.3. The van der Waals surface area contributed by atoms with Gasteiger partial charge in [-0.2, -0.15) is 0 Å². The van der Waals surface area contributed by atoms with Crippen LogP contribution in [0.15, 0.2) is 27.5 Å². The maximum Gasteiger partial charge on any atom is 0.329 e. The summed E-state index contributed by atoms with van der Waals surface area (Å²) in [6, 6.07) is 4.36. The molecule has 0 fully saturated rings. The van der Waals surface area contributed by atoms with Crippen molar-refractivity contribution in [3.63, 3.8) is 0 Å². The summed E-state index contributed by atoms with van der Waals surface area (Å²) in [5.41, 5.74) is 6.61. The normalized spacial score (nSPS) is 11.4. The Balaban J connectivity index is 2.36. The molecule has 0 aliphatic heterocycles. The van der Waals surface area contributed by atoms with Crippen molar-refractivity contribution in [3.05, 3.63) is 29.7 Å². The Morgan fingerprint density at radius 3 is 2.56 bits per heavy atom. The molecule has 2 aromatic rings. The number of anilines is 2. The Kier molecular flexibility index (Phi) is 2.95. The van der Waals surface area contributed by atoms with Crippen molar-refractivity contribution in [2.24, 2.45) is 0 Å². The molecule has 18 heavy (non-hydrogen) atoms. The van der Waals surface area contributed by atoms with Crippen molar-refractivity contribution in [2.45, 2.75) is 18.7 Å². The first kappa shape index (κ1) is 12.4. The van der Waals surface area contributed by atoms with Crippen LogP contribution in [0.3, 0.4) is 0 Å². The van der Waals surface area contributed by atoms with Crippen molar-refractivity contribution in [3.8, 4) is 0 Å². The van der Waals surface area contributed by atoms with E-state index >= 15 is 0 Å². The minimum atomic E-state index is -3.75. The summed E-state index contributed by atoms with van der Waals surface area (Å²) in [5, 5.41) is 7.11. The topological polar surface area (TPSA) is 111 Å². The lowest BCUT2D eigenvalue weighted by Gasteiger charge is -2.07. The fourth-order valence-electron chi connectivity index (χ4n) is 1.48. The molecular weight excluding hydrogens is 256 g/mol. The lowest BCUT2D eigenvalue weighted by molar-refractivity contribution is 0.534. The number of aryl methyl sites for hydroxylation is 2. The maximum absolute atomic E-state index is 12.1. The molecule has 0 saturated heterocycles. The van der Waals surface area contributed by atoms with E-state index in [1.54, 1.807) is 19.9 Å². The highest BCUT2D eigenvalue weighted by atomic mass is 32.2. The van der Waals surface area contributed by atoms with Gasteiger partial charge in [0.1, 0.15) is 0 Å². The third-order valence-electron chi connectivity index (χ3n) is 2.24. The number of nitrogen functional groups attached to an aromatic ring is 1. The first-order valence-electron chi connectivity index (χ1n) is 5.07. The van der Waals surface area contributed by atoms with Crippen LogP contribution in [0.4, 0.5) is 11.7 Å². The quantitative estimate of drug-likeness (QED) is 0.805. The SMILES string of the molecule is Cc1nnc(NS(=O)(=O)c2ccc(N)cc2C)o1. The van der Waals surface area contributed by atoms with Gasteiger partial charge in [0.05, 0.1) is 4.90 Å². The van der Waals surface area contributed by atoms with Crippen molar-refractivity contribution in [2.75, 3.05) is 10.5 Å². The molecule has 1 heterocycles. The van der Waals surface area contributed by atoms with E-state index in [1.807, 2.05) is 0 Å². The van der Waals surface area contributed by atoms with Crippen molar-refractivity contribution >= 4 is 21.7 Å². The van der Waals surface area contributed by atoms with Gasteiger partial charge in [0, 0.05) is 12.6 Å². The molecule has 3 N–H and O–H groups in total. The summed E-state index contributed by atoms with van der Waals surface area (Å²) in [6.45, 7) is 3.23. The number of rotatable bonds is 3. The van der Waals surface area contributed by atoms with Crippen LogP contribution in [0.5, 0.6) is 0 Å². The number of benzene rings is 1. The maximum atomic E-state index is 12.1. The van der Waals surface area contributed by atoms with Crippen LogP contribution in [0.25, 0.3) is 0 Å². The molecule has 0 aliphatic rings. The summed E-state index contributed by atoms with van der Waals surface area (Å²) in [4.78, 5) is 0.118. The molecule has 0 spiro atoms. The number of hydrogen-bond donors (Lipinski definition) is 2. The summed E-state index contributed by atoms with van der Waals surface area (Å²) in [7, 11) is -3.75. The molecule has 0 amide bonds. The van der Waals surface area contributed by atoms with E-state index in [2.05, 4.69) is 14.9 Å². The predicted octanol–water partition coefficient (Wildman–Crippen LogP) is 1.07. The largest absolute Gasteiger partial charge is 0.408 e. The van der Waals surface area contributed by atoms with Gasteiger partial charge in [-0.3, -0.25) is 0 Å². The average molecular weight is 268 g/mol. The Labute approximate surface area is 104 Å². The zero-order chi connectivity index (χ0) is 13.3. The van der Waals surface area contributed by atoms with E-state index in [-0.39, 0.29) is 16.8 Å². The van der Waals surface area contributed by atoms with Crippen LogP contribution in [0.2, 0.25) is 0 Å². The van der Waals surface area contributed by atoms with Crippen LogP contribution in [0.1, 0.15) is 11.5 Å². The molecule has 96 valence electrons. The third-order valence-corrected chi connectivity index (χ3v) is 3.72. The van der Waals surface area contributed by atoms with Gasteiger partial charge in [0.15, 0.2) is 0 Å². The molecule has 7 nitrogen and oxygen atoms in total. The van der Waals surface area contributed by atoms with Gasteiger partial charge in [-0.15, -0.1) is 5.10 Å². The molecule has 1 aromatic heterocycles. The number of hydrogen-bond acceptors (Lipinski definition) is 6. The Morgan fingerprint density at radius 2 is 2.00 bits per heavy atom. The Morgan fingerprint density at radius 1 is 1.28 bits per heavy atom. The van der Waals surface area contributed by atoms with Gasteiger partial charge in [0.2, 0.25) is 5.89 Å². The van der Waals surface area contributed by atoms with E-state index in [9.17, 15) is 8.42 Å². The number of nitrogens with one attached hydrogen (secondary N) is 1. The molecule has 0 bridgehead atoms. The second-order valence-corrected chi connectivity index (χ2v) is 5.41. The zero-order valence-electron chi connectivity index (χ0n) is 9.84. The van der Waals surface area contributed by atoms with Crippen LogP contribution in [-0.2, 0) is 10.0 Å².